The molecule has 0 bridgehead atoms. The molecule has 2 rings (SSSR count). The van der Waals surface area contributed by atoms with E-state index in [1.54, 1.807) is 11.3 Å². The van der Waals surface area contributed by atoms with Crippen molar-refractivity contribution in [3.05, 3.63) is 51.2 Å². The van der Waals surface area contributed by atoms with Gasteiger partial charge >= 0.3 is 6.18 Å². The lowest BCUT2D eigenvalue weighted by Crippen LogP contribution is -2.10. The Morgan fingerprint density at radius 1 is 1.29 bits per heavy atom. The fraction of sp³-hybridized carbons (Fsp3) is 0.267. The van der Waals surface area contributed by atoms with Crippen molar-refractivity contribution in [2.75, 3.05) is 5.32 Å². The first-order valence-corrected chi connectivity index (χ1v) is 7.12. The maximum Gasteiger partial charge on any atom is 0.416 e. The van der Waals surface area contributed by atoms with E-state index in [-0.39, 0.29) is 11.6 Å². The molecule has 0 saturated heterocycles. The number of halogens is 3. The number of rotatable bonds is 3. The van der Waals surface area contributed by atoms with Gasteiger partial charge in [-0.15, -0.1) is 11.3 Å². The molecule has 2 aromatic rings. The summed E-state index contributed by atoms with van der Waals surface area (Å²) in [6.07, 6.45) is -4.44. The highest BCUT2D eigenvalue weighted by Crippen LogP contribution is 2.33. The summed E-state index contributed by atoms with van der Waals surface area (Å²) >= 11 is 1.57. The zero-order valence-electron chi connectivity index (χ0n) is 11.5. The van der Waals surface area contributed by atoms with Gasteiger partial charge in [0, 0.05) is 4.88 Å². The minimum atomic E-state index is -4.44. The minimum absolute atomic E-state index is 0.00844. The average Bonchev–Trinajstić information content (AvgIpc) is 2.84. The number of alkyl halides is 3. The highest BCUT2D eigenvalue weighted by Gasteiger charge is 2.31. The fourth-order valence-electron chi connectivity index (χ4n) is 2.07. The predicted octanol–water partition coefficient (Wildman–Crippen LogP) is 5.12. The van der Waals surface area contributed by atoms with Gasteiger partial charge in [-0.05, 0) is 49.1 Å². The summed E-state index contributed by atoms with van der Waals surface area (Å²) in [6.45, 7) is 3.89. The van der Waals surface area contributed by atoms with Crippen LogP contribution in [0, 0.1) is 18.3 Å². The lowest BCUT2D eigenvalue weighted by Gasteiger charge is -2.17. The molecule has 0 spiro atoms. The summed E-state index contributed by atoms with van der Waals surface area (Å²) in [6, 6.07) is 6.88. The Bertz CT molecular complexity index is 683. The van der Waals surface area contributed by atoms with Gasteiger partial charge in [-0.25, -0.2) is 0 Å². The fourth-order valence-corrected chi connectivity index (χ4v) is 3.00. The Kier molecular flexibility index (Phi) is 4.24. The lowest BCUT2D eigenvalue weighted by molar-refractivity contribution is -0.137. The first kappa shape index (κ1) is 15.4. The van der Waals surface area contributed by atoms with Crippen LogP contribution in [0.5, 0.6) is 0 Å². The molecular weight excluding hydrogens is 297 g/mol. The van der Waals surface area contributed by atoms with E-state index in [9.17, 15) is 13.2 Å². The second kappa shape index (κ2) is 5.78. The smallest absolute Gasteiger partial charge is 0.377 e. The van der Waals surface area contributed by atoms with Crippen LogP contribution in [0.1, 0.15) is 34.5 Å². The number of aryl methyl sites for hydroxylation is 1. The van der Waals surface area contributed by atoms with Crippen molar-refractivity contribution in [2.45, 2.75) is 26.1 Å². The van der Waals surface area contributed by atoms with Crippen LogP contribution in [-0.4, -0.2) is 0 Å². The number of hydrogen-bond acceptors (Lipinski definition) is 3. The summed E-state index contributed by atoms with van der Waals surface area (Å²) in [5, 5.41) is 14.1. The first-order valence-electron chi connectivity index (χ1n) is 6.25. The normalized spacial score (nSPS) is 12.8. The minimum Gasteiger partial charge on any atom is -0.377 e. The molecule has 0 radical (unpaired) electrons. The number of nitriles is 1. The van der Waals surface area contributed by atoms with Crippen LogP contribution in [0.4, 0.5) is 18.9 Å². The SMILES string of the molecule is Cc1ccsc1C(C)Nc1ccc(C(F)(F)F)cc1C#N. The maximum absolute atomic E-state index is 12.6. The number of nitrogens with zero attached hydrogens (tertiary/aromatic N) is 1. The van der Waals surface area contributed by atoms with Gasteiger partial charge in [0.15, 0.2) is 0 Å². The molecule has 0 amide bonds. The summed E-state index contributed by atoms with van der Waals surface area (Å²) in [4.78, 5) is 1.10. The van der Waals surface area contributed by atoms with Crippen LogP contribution < -0.4 is 5.32 Å². The van der Waals surface area contributed by atoms with Gasteiger partial charge in [-0.1, -0.05) is 0 Å². The molecular formula is C15H13F3N2S. The third-order valence-electron chi connectivity index (χ3n) is 3.13. The van der Waals surface area contributed by atoms with Gasteiger partial charge in [-0.3, -0.25) is 0 Å². The molecule has 1 aromatic carbocycles. The Labute approximate surface area is 124 Å². The van der Waals surface area contributed by atoms with Crippen molar-refractivity contribution in [2.24, 2.45) is 0 Å². The maximum atomic E-state index is 12.6. The van der Waals surface area contributed by atoms with E-state index in [4.69, 9.17) is 5.26 Å². The Morgan fingerprint density at radius 2 is 2.00 bits per heavy atom. The zero-order valence-corrected chi connectivity index (χ0v) is 12.3. The van der Waals surface area contributed by atoms with Crippen molar-refractivity contribution in [1.82, 2.24) is 0 Å². The molecule has 0 aliphatic rings. The van der Waals surface area contributed by atoms with Crippen LogP contribution in [-0.2, 0) is 6.18 Å². The van der Waals surface area contributed by atoms with Crippen molar-refractivity contribution in [3.8, 4) is 6.07 Å². The van der Waals surface area contributed by atoms with Crippen molar-refractivity contribution >= 4 is 17.0 Å². The quantitative estimate of drug-likeness (QED) is 0.854. The molecule has 0 fully saturated rings. The molecule has 2 nitrogen and oxygen atoms in total. The molecule has 0 aliphatic heterocycles. The van der Waals surface area contributed by atoms with Gasteiger partial charge in [-0.2, -0.15) is 18.4 Å². The number of hydrogen-bond donors (Lipinski definition) is 1. The largest absolute Gasteiger partial charge is 0.416 e. The monoisotopic (exact) mass is 310 g/mol. The standard InChI is InChI=1S/C15H13F3N2S/c1-9-5-6-21-14(9)10(2)20-13-4-3-12(15(16,17)18)7-11(13)8-19/h3-7,10,20H,1-2H3. The van der Waals surface area contributed by atoms with E-state index in [0.717, 1.165) is 22.6 Å². The van der Waals surface area contributed by atoms with Gasteiger partial charge < -0.3 is 5.32 Å². The van der Waals surface area contributed by atoms with Crippen molar-refractivity contribution in [1.29, 1.82) is 5.26 Å². The average molecular weight is 310 g/mol. The molecule has 0 saturated carbocycles. The van der Waals surface area contributed by atoms with E-state index in [0.29, 0.717) is 5.69 Å². The van der Waals surface area contributed by atoms with E-state index < -0.39 is 11.7 Å². The highest BCUT2D eigenvalue weighted by molar-refractivity contribution is 7.10. The number of benzene rings is 1. The Balaban J connectivity index is 2.29. The van der Waals surface area contributed by atoms with E-state index >= 15 is 0 Å². The van der Waals surface area contributed by atoms with Crippen LogP contribution in [0.15, 0.2) is 29.6 Å². The Morgan fingerprint density at radius 3 is 2.52 bits per heavy atom. The molecule has 1 aromatic heterocycles. The van der Waals surface area contributed by atoms with Crippen LogP contribution in [0.25, 0.3) is 0 Å². The van der Waals surface area contributed by atoms with E-state index in [1.807, 2.05) is 31.4 Å². The van der Waals surface area contributed by atoms with Gasteiger partial charge in [0.1, 0.15) is 6.07 Å². The van der Waals surface area contributed by atoms with Crippen LogP contribution in [0.3, 0.4) is 0 Å². The summed E-state index contributed by atoms with van der Waals surface area (Å²) in [7, 11) is 0. The summed E-state index contributed by atoms with van der Waals surface area (Å²) in [5.41, 5.74) is 0.701. The third-order valence-corrected chi connectivity index (χ3v) is 4.34. The first-order chi connectivity index (χ1) is 9.82. The molecule has 1 unspecified atom stereocenters. The van der Waals surface area contributed by atoms with Crippen LogP contribution >= 0.6 is 11.3 Å². The van der Waals surface area contributed by atoms with Gasteiger partial charge in [0.05, 0.1) is 22.9 Å². The van der Waals surface area contributed by atoms with Gasteiger partial charge in [0.2, 0.25) is 0 Å². The number of thiophene rings is 1. The summed E-state index contributed by atoms with van der Waals surface area (Å²) < 4.78 is 37.9. The molecule has 0 aliphatic carbocycles. The summed E-state index contributed by atoms with van der Waals surface area (Å²) in [5.74, 6) is 0. The molecule has 1 N–H and O–H groups in total. The van der Waals surface area contributed by atoms with E-state index in [1.165, 1.54) is 6.07 Å². The number of nitrogens with one attached hydrogen (secondary N) is 1. The van der Waals surface area contributed by atoms with E-state index in [2.05, 4.69) is 5.32 Å². The zero-order chi connectivity index (χ0) is 15.6. The molecule has 1 heterocycles. The topological polar surface area (TPSA) is 35.8 Å². The highest BCUT2D eigenvalue weighted by atomic mass is 32.1. The lowest BCUT2D eigenvalue weighted by atomic mass is 10.1. The molecule has 1 atom stereocenters. The number of anilines is 1. The predicted molar refractivity (Wildman–Crippen MR) is 77.3 cm³/mol. The molecule has 6 heteroatoms. The van der Waals surface area contributed by atoms with Crippen molar-refractivity contribution < 1.29 is 13.2 Å². The molecule has 21 heavy (non-hydrogen) atoms. The van der Waals surface area contributed by atoms with Gasteiger partial charge in [0.25, 0.3) is 0 Å². The third kappa shape index (κ3) is 3.37. The molecule has 110 valence electrons. The Hall–Kier alpha value is -2.00. The van der Waals surface area contributed by atoms with Crippen LogP contribution in [0.2, 0.25) is 0 Å². The van der Waals surface area contributed by atoms with Crippen molar-refractivity contribution in [3.63, 3.8) is 0 Å². The second-order valence-corrected chi connectivity index (χ2v) is 5.65. The second-order valence-electron chi connectivity index (χ2n) is 4.70.